The number of ketones is 1. The Morgan fingerprint density at radius 1 is 1.00 bits per heavy atom. The smallest absolute Gasteiger partial charge is 0.194 e. The molecule has 0 amide bonds. The molecule has 0 unspecified atom stereocenters. The van der Waals surface area contributed by atoms with Crippen LogP contribution in [0.2, 0.25) is 0 Å². The van der Waals surface area contributed by atoms with E-state index in [-0.39, 0.29) is 5.78 Å². The van der Waals surface area contributed by atoms with Crippen molar-refractivity contribution in [2.45, 2.75) is 6.92 Å². The largest absolute Gasteiger partial charge is 0.289 e. The normalized spacial score (nSPS) is 12.5. The van der Waals surface area contributed by atoms with Crippen LogP contribution in [-0.4, -0.2) is 5.78 Å². The van der Waals surface area contributed by atoms with Crippen molar-refractivity contribution in [2.75, 3.05) is 0 Å². The predicted molar refractivity (Wildman–Crippen MR) is 72.8 cm³/mol. The minimum Gasteiger partial charge on any atom is -0.289 e. The summed E-state index contributed by atoms with van der Waals surface area (Å²) in [5.74, 6) is 0.166. The molecule has 0 N–H and O–H groups in total. The van der Waals surface area contributed by atoms with Crippen LogP contribution < -0.4 is 0 Å². The molecule has 0 heterocycles. The predicted octanol–water partition coefficient (Wildman–Crippen LogP) is 3.81. The fourth-order valence-electron chi connectivity index (χ4n) is 2.31. The fraction of sp³-hybridized carbons (Fsp3) is 0.0714. The second-order valence-electron chi connectivity index (χ2n) is 4.02. The minimum absolute atomic E-state index is 0.166. The van der Waals surface area contributed by atoms with Gasteiger partial charge >= 0.3 is 0 Å². The average Bonchev–Trinajstić information content (AvgIpc) is 2.54. The van der Waals surface area contributed by atoms with Gasteiger partial charge in [-0.1, -0.05) is 24.3 Å². The number of aryl methyl sites for hydroxylation is 1. The zero-order chi connectivity index (χ0) is 11.3. The van der Waals surface area contributed by atoms with E-state index in [9.17, 15) is 4.79 Å². The molecular formula is C14H9IO. The second kappa shape index (κ2) is 3.42. The van der Waals surface area contributed by atoms with Crippen molar-refractivity contribution in [1.29, 1.82) is 0 Å². The summed E-state index contributed by atoms with van der Waals surface area (Å²) in [6, 6.07) is 12.0. The summed E-state index contributed by atoms with van der Waals surface area (Å²) >= 11 is 2.29. The van der Waals surface area contributed by atoms with E-state index < -0.39 is 0 Å². The van der Waals surface area contributed by atoms with Crippen molar-refractivity contribution in [1.82, 2.24) is 0 Å². The molecule has 0 fully saturated rings. The SMILES string of the molecule is Cc1cc(I)cc2c1C(=O)c1ccccc1-2. The first-order valence-electron chi connectivity index (χ1n) is 5.13. The van der Waals surface area contributed by atoms with E-state index in [0.717, 1.165) is 27.8 Å². The lowest BCUT2D eigenvalue weighted by molar-refractivity contribution is 0.104. The van der Waals surface area contributed by atoms with Gasteiger partial charge in [-0.3, -0.25) is 4.79 Å². The van der Waals surface area contributed by atoms with Crippen LogP contribution in [0.15, 0.2) is 36.4 Å². The number of rotatable bonds is 0. The van der Waals surface area contributed by atoms with Gasteiger partial charge in [0.25, 0.3) is 0 Å². The van der Waals surface area contributed by atoms with Crippen LogP contribution in [0, 0.1) is 10.5 Å². The van der Waals surface area contributed by atoms with Gasteiger partial charge in [0.05, 0.1) is 0 Å². The summed E-state index contributed by atoms with van der Waals surface area (Å²) in [7, 11) is 0. The van der Waals surface area contributed by atoms with Crippen molar-refractivity contribution >= 4 is 28.4 Å². The van der Waals surface area contributed by atoms with Gasteiger partial charge in [-0.25, -0.2) is 0 Å². The molecule has 1 aliphatic rings. The molecule has 0 aliphatic heterocycles. The molecule has 0 radical (unpaired) electrons. The molecule has 1 nitrogen and oxygen atoms in total. The zero-order valence-corrected chi connectivity index (χ0v) is 10.9. The molecule has 78 valence electrons. The highest BCUT2D eigenvalue weighted by atomic mass is 127. The molecule has 1 aliphatic carbocycles. The van der Waals surface area contributed by atoms with E-state index in [1.165, 1.54) is 3.57 Å². The Labute approximate surface area is 108 Å². The number of fused-ring (bicyclic) bond motifs is 3. The lowest BCUT2D eigenvalue weighted by atomic mass is 10.0. The van der Waals surface area contributed by atoms with Gasteiger partial charge in [-0.05, 0) is 58.3 Å². The molecule has 0 spiro atoms. The summed E-state index contributed by atoms with van der Waals surface area (Å²) in [4.78, 5) is 12.2. The van der Waals surface area contributed by atoms with E-state index >= 15 is 0 Å². The maximum atomic E-state index is 12.2. The Kier molecular flexibility index (Phi) is 2.14. The fourth-order valence-corrected chi connectivity index (χ4v) is 3.09. The first kappa shape index (κ1) is 10.0. The van der Waals surface area contributed by atoms with Gasteiger partial charge in [0.1, 0.15) is 0 Å². The summed E-state index contributed by atoms with van der Waals surface area (Å²) in [6.07, 6.45) is 0. The van der Waals surface area contributed by atoms with E-state index in [4.69, 9.17) is 0 Å². The number of halogens is 1. The van der Waals surface area contributed by atoms with E-state index in [1.54, 1.807) is 0 Å². The summed E-state index contributed by atoms with van der Waals surface area (Å²) < 4.78 is 1.18. The quantitative estimate of drug-likeness (QED) is 0.576. The Bertz CT molecular complexity index is 614. The van der Waals surface area contributed by atoms with Gasteiger partial charge < -0.3 is 0 Å². The lowest BCUT2D eigenvalue weighted by Gasteiger charge is -2.03. The van der Waals surface area contributed by atoms with Crippen LogP contribution in [0.3, 0.4) is 0 Å². The van der Waals surface area contributed by atoms with Crippen molar-refractivity contribution in [2.24, 2.45) is 0 Å². The van der Waals surface area contributed by atoms with Crippen LogP contribution >= 0.6 is 22.6 Å². The third-order valence-electron chi connectivity index (χ3n) is 2.99. The van der Waals surface area contributed by atoms with Crippen LogP contribution in [0.25, 0.3) is 11.1 Å². The van der Waals surface area contributed by atoms with E-state index in [2.05, 4.69) is 34.7 Å². The zero-order valence-electron chi connectivity index (χ0n) is 8.75. The second-order valence-corrected chi connectivity index (χ2v) is 5.27. The van der Waals surface area contributed by atoms with Gasteiger partial charge in [0, 0.05) is 14.7 Å². The van der Waals surface area contributed by atoms with Crippen molar-refractivity contribution in [3.8, 4) is 11.1 Å². The van der Waals surface area contributed by atoms with Crippen molar-refractivity contribution < 1.29 is 4.79 Å². The molecule has 0 saturated carbocycles. The van der Waals surface area contributed by atoms with Gasteiger partial charge in [0.15, 0.2) is 5.78 Å². The Morgan fingerprint density at radius 2 is 1.69 bits per heavy atom. The number of benzene rings is 2. The van der Waals surface area contributed by atoms with Gasteiger partial charge in [-0.2, -0.15) is 0 Å². The van der Waals surface area contributed by atoms with E-state index in [0.29, 0.717) is 0 Å². The maximum Gasteiger partial charge on any atom is 0.194 e. The molecule has 0 atom stereocenters. The van der Waals surface area contributed by atoms with Gasteiger partial charge in [-0.15, -0.1) is 0 Å². The lowest BCUT2D eigenvalue weighted by Crippen LogP contribution is -1.98. The van der Waals surface area contributed by atoms with E-state index in [1.807, 2.05) is 31.2 Å². The molecule has 3 rings (SSSR count). The number of hydrogen-bond acceptors (Lipinski definition) is 1. The van der Waals surface area contributed by atoms with Crippen molar-refractivity contribution in [3.05, 3.63) is 56.7 Å². The molecular weight excluding hydrogens is 311 g/mol. The molecule has 16 heavy (non-hydrogen) atoms. The van der Waals surface area contributed by atoms with Crippen LogP contribution in [-0.2, 0) is 0 Å². The highest BCUT2D eigenvalue weighted by Crippen LogP contribution is 2.38. The van der Waals surface area contributed by atoms with Crippen LogP contribution in [0.4, 0.5) is 0 Å². The highest BCUT2D eigenvalue weighted by molar-refractivity contribution is 14.1. The standard InChI is InChI=1S/C14H9IO/c1-8-6-9(15)7-12-10-4-2-3-5-11(10)14(16)13(8)12/h2-7H,1H3. The summed E-state index contributed by atoms with van der Waals surface area (Å²) in [6.45, 7) is 2.00. The average molecular weight is 320 g/mol. The van der Waals surface area contributed by atoms with Crippen molar-refractivity contribution in [3.63, 3.8) is 0 Å². The first-order valence-corrected chi connectivity index (χ1v) is 6.20. The summed E-state index contributed by atoms with van der Waals surface area (Å²) in [5.41, 5.74) is 4.95. The third-order valence-corrected chi connectivity index (χ3v) is 3.61. The Balaban J connectivity index is 2.42. The molecule has 0 aromatic heterocycles. The Hall–Kier alpha value is -1.16. The molecule has 0 bridgehead atoms. The third kappa shape index (κ3) is 1.26. The van der Waals surface area contributed by atoms with Gasteiger partial charge in [0.2, 0.25) is 0 Å². The molecule has 2 heteroatoms. The topological polar surface area (TPSA) is 17.1 Å². The maximum absolute atomic E-state index is 12.2. The number of carbonyl (C=O) groups excluding carboxylic acids is 1. The highest BCUT2D eigenvalue weighted by Gasteiger charge is 2.27. The number of carbonyl (C=O) groups is 1. The van der Waals surface area contributed by atoms with Crippen LogP contribution in [0.1, 0.15) is 21.5 Å². The first-order chi connectivity index (χ1) is 7.68. The monoisotopic (exact) mass is 320 g/mol. The van der Waals surface area contributed by atoms with Crippen LogP contribution in [0.5, 0.6) is 0 Å². The molecule has 2 aromatic rings. The minimum atomic E-state index is 0.166. The summed E-state index contributed by atoms with van der Waals surface area (Å²) in [5, 5.41) is 0. The molecule has 2 aromatic carbocycles. The number of hydrogen-bond donors (Lipinski definition) is 0. The molecule has 0 saturated heterocycles. The Morgan fingerprint density at radius 3 is 2.44 bits per heavy atom.